The quantitative estimate of drug-likeness (QED) is 0.366. The smallest absolute Gasteiger partial charge is 0.263 e. The van der Waals surface area contributed by atoms with Gasteiger partial charge in [0.2, 0.25) is 0 Å². The third-order valence-electron chi connectivity index (χ3n) is 4.37. The van der Waals surface area contributed by atoms with Gasteiger partial charge in [-0.3, -0.25) is 10.1 Å². The lowest BCUT2D eigenvalue weighted by molar-refractivity contribution is -0.505. The lowest BCUT2D eigenvalue weighted by Crippen LogP contribution is -2.19. The monoisotopic (exact) mass is 329 g/mol. The van der Waals surface area contributed by atoms with Gasteiger partial charge in [0.25, 0.3) is 6.04 Å². The molecule has 1 unspecified atom stereocenters. The summed E-state index contributed by atoms with van der Waals surface area (Å²) in [5.74, 6) is 17.8. The molecule has 0 saturated heterocycles. The molecule has 0 saturated carbocycles. The van der Waals surface area contributed by atoms with Crippen molar-refractivity contribution in [2.24, 2.45) is 0 Å². The summed E-state index contributed by atoms with van der Waals surface area (Å²) in [6.07, 6.45) is 8.07. The Balaban J connectivity index is 1.36. The molecule has 2 aliphatic carbocycles. The Morgan fingerprint density at radius 2 is 1.88 bits per heavy atom. The number of unbranched alkanes of at least 4 members (excludes halogenated alkanes) is 3. The molecule has 0 radical (unpaired) electrons. The number of nitro groups is 1. The average Bonchev–Trinajstić information content (AvgIpc) is 2.59. The minimum Gasteiger partial charge on any atom is -0.263 e. The van der Waals surface area contributed by atoms with Crippen molar-refractivity contribution in [2.45, 2.75) is 51.0 Å². The Hall–Kier alpha value is -2.96. The normalized spacial score (nSPS) is 16.5. The molecule has 2 aliphatic rings. The molecule has 1 aromatic rings. The van der Waals surface area contributed by atoms with Crippen molar-refractivity contribution in [3.05, 3.63) is 56.7 Å². The van der Waals surface area contributed by atoms with Crippen LogP contribution in [0.2, 0.25) is 0 Å². The van der Waals surface area contributed by atoms with Crippen molar-refractivity contribution in [1.82, 2.24) is 0 Å². The minimum atomic E-state index is -0.806. The van der Waals surface area contributed by atoms with Crippen LogP contribution in [-0.2, 0) is 12.8 Å². The molecule has 0 heterocycles. The molecule has 1 atom stereocenters. The Morgan fingerprint density at radius 3 is 2.56 bits per heavy atom. The first-order valence-electron chi connectivity index (χ1n) is 8.65. The van der Waals surface area contributed by atoms with E-state index in [1.54, 1.807) is 6.08 Å². The summed E-state index contributed by atoms with van der Waals surface area (Å²) in [4.78, 5) is 10.4. The standard InChI is InChI=1S/C22H19NO2/c24-23(25)22-11-7-10-18(17-22)8-5-3-1-2-4-6-9-19-12-13-20-14-15-21(20)16-19/h10,12-13,16,22H,1-4,14-15,17H2. The number of fused-ring (bicyclic) bond motifs is 1. The lowest BCUT2D eigenvalue weighted by atomic mass is 9.87. The highest BCUT2D eigenvalue weighted by atomic mass is 16.6. The minimum absolute atomic E-state index is 0.319. The summed E-state index contributed by atoms with van der Waals surface area (Å²) in [5, 5.41) is 10.7. The molecular weight excluding hydrogens is 310 g/mol. The topological polar surface area (TPSA) is 43.1 Å². The lowest BCUT2D eigenvalue weighted by Gasteiger charge is -2.17. The Kier molecular flexibility index (Phi) is 5.56. The van der Waals surface area contributed by atoms with Crippen LogP contribution in [0, 0.1) is 45.6 Å². The van der Waals surface area contributed by atoms with E-state index in [2.05, 4.69) is 53.7 Å². The van der Waals surface area contributed by atoms with Gasteiger partial charge in [-0.1, -0.05) is 35.7 Å². The summed E-state index contributed by atoms with van der Waals surface area (Å²) >= 11 is 0. The van der Waals surface area contributed by atoms with Gasteiger partial charge in [0, 0.05) is 35.0 Å². The van der Waals surface area contributed by atoms with Gasteiger partial charge in [-0.2, -0.15) is 0 Å². The van der Waals surface area contributed by atoms with Gasteiger partial charge in [0.05, 0.1) is 6.42 Å². The fraction of sp³-hybridized carbons (Fsp3) is 0.364. The van der Waals surface area contributed by atoms with Crippen molar-refractivity contribution in [1.29, 1.82) is 0 Å². The number of benzene rings is 1. The van der Waals surface area contributed by atoms with Crippen molar-refractivity contribution in [2.75, 3.05) is 0 Å². The molecule has 3 rings (SSSR count). The number of nitrogens with zero attached hydrogens (tertiary/aromatic N) is 1. The molecule has 0 bridgehead atoms. The predicted octanol–water partition coefficient (Wildman–Crippen LogP) is 3.68. The van der Waals surface area contributed by atoms with Crippen LogP contribution in [0.25, 0.3) is 0 Å². The maximum absolute atomic E-state index is 10.7. The fourth-order valence-corrected chi connectivity index (χ4v) is 2.80. The van der Waals surface area contributed by atoms with Crippen LogP contribution in [-0.4, -0.2) is 11.0 Å². The second-order valence-corrected chi connectivity index (χ2v) is 6.26. The maximum atomic E-state index is 10.7. The van der Waals surface area contributed by atoms with Gasteiger partial charge in [0.1, 0.15) is 0 Å². The highest BCUT2D eigenvalue weighted by molar-refractivity contribution is 5.45. The van der Waals surface area contributed by atoms with E-state index in [9.17, 15) is 10.1 Å². The van der Waals surface area contributed by atoms with Crippen molar-refractivity contribution < 1.29 is 4.92 Å². The molecule has 25 heavy (non-hydrogen) atoms. The molecule has 0 fully saturated rings. The van der Waals surface area contributed by atoms with E-state index in [1.807, 2.05) is 0 Å². The van der Waals surface area contributed by atoms with Gasteiger partial charge >= 0.3 is 0 Å². The average molecular weight is 329 g/mol. The first-order valence-corrected chi connectivity index (χ1v) is 8.65. The Morgan fingerprint density at radius 1 is 1.12 bits per heavy atom. The highest BCUT2D eigenvalue weighted by Gasteiger charge is 2.19. The van der Waals surface area contributed by atoms with Crippen molar-refractivity contribution >= 4 is 0 Å². The van der Waals surface area contributed by atoms with E-state index >= 15 is 0 Å². The molecular formula is C22H19NO2. The number of rotatable bonds is 4. The van der Waals surface area contributed by atoms with Gasteiger partial charge in [-0.25, -0.2) is 0 Å². The number of aryl methyl sites for hydroxylation is 2. The number of hydrogen-bond acceptors (Lipinski definition) is 2. The third-order valence-corrected chi connectivity index (χ3v) is 4.37. The Bertz CT molecular complexity index is 891. The van der Waals surface area contributed by atoms with E-state index in [0.29, 0.717) is 6.42 Å². The molecule has 3 nitrogen and oxygen atoms in total. The largest absolute Gasteiger partial charge is 0.277 e. The summed E-state index contributed by atoms with van der Waals surface area (Å²) in [6.45, 7) is 0. The maximum Gasteiger partial charge on any atom is 0.277 e. The molecule has 0 amide bonds. The summed E-state index contributed by atoms with van der Waals surface area (Å²) in [6, 6.07) is 5.69. The van der Waals surface area contributed by atoms with Crippen LogP contribution in [0.5, 0.6) is 0 Å². The molecule has 3 heteroatoms. The zero-order valence-electron chi connectivity index (χ0n) is 14.1. The summed E-state index contributed by atoms with van der Waals surface area (Å²) < 4.78 is 0. The van der Waals surface area contributed by atoms with Crippen LogP contribution < -0.4 is 0 Å². The van der Waals surface area contributed by atoms with Crippen molar-refractivity contribution in [3.8, 4) is 35.5 Å². The van der Waals surface area contributed by atoms with Crippen LogP contribution in [0.1, 0.15) is 48.8 Å². The SMILES string of the molecule is O=[N+]([O-])C1C#CC=C(C#CCCCCC#Cc2ccc3c(c2)CC3)C1. The van der Waals surface area contributed by atoms with Crippen LogP contribution in [0.3, 0.4) is 0 Å². The summed E-state index contributed by atoms with van der Waals surface area (Å²) in [7, 11) is 0. The van der Waals surface area contributed by atoms with E-state index < -0.39 is 6.04 Å². The number of hydrogen-bond donors (Lipinski definition) is 0. The zero-order chi connectivity index (χ0) is 17.5. The van der Waals surface area contributed by atoms with E-state index in [4.69, 9.17) is 0 Å². The van der Waals surface area contributed by atoms with Gasteiger partial charge < -0.3 is 0 Å². The van der Waals surface area contributed by atoms with Gasteiger partial charge in [-0.15, -0.1) is 0 Å². The molecule has 1 aromatic carbocycles. The predicted molar refractivity (Wildman–Crippen MR) is 98.2 cm³/mol. The second kappa shape index (κ2) is 8.23. The Labute approximate surface area is 148 Å². The van der Waals surface area contributed by atoms with Gasteiger partial charge in [-0.05, 0) is 54.9 Å². The van der Waals surface area contributed by atoms with E-state index in [1.165, 1.54) is 24.0 Å². The van der Waals surface area contributed by atoms with Crippen molar-refractivity contribution in [3.63, 3.8) is 0 Å². The van der Waals surface area contributed by atoms with Gasteiger partial charge in [0.15, 0.2) is 0 Å². The third kappa shape index (κ3) is 4.76. The van der Waals surface area contributed by atoms with E-state index in [0.717, 1.165) is 36.8 Å². The van der Waals surface area contributed by atoms with Crippen LogP contribution >= 0.6 is 0 Å². The highest BCUT2D eigenvalue weighted by Crippen LogP contribution is 2.23. The fourth-order valence-electron chi connectivity index (χ4n) is 2.80. The van der Waals surface area contributed by atoms with E-state index in [-0.39, 0.29) is 4.92 Å². The first kappa shape index (κ1) is 16.9. The molecule has 0 spiro atoms. The zero-order valence-corrected chi connectivity index (χ0v) is 14.1. The number of allylic oxidation sites excluding steroid dienone is 1. The molecule has 0 aromatic heterocycles. The van der Waals surface area contributed by atoms with Crippen LogP contribution in [0.15, 0.2) is 29.8 Å². The molecule has 124 valence electrons. The summed E-state index contributed by atoms with van der Waals surface area (Å²) in [5.41, 5.74) is 4.79. The first-order chi connectivity index (χ1) is 12.2. The van der Waals surface area contributed by atoms with Crippen LogP contribution in [0.4, 0.5) is 0 Å². The molecule has 0 aliphatic heterocycles. The second-order valence-electron chi connectivity index (χ2n) is 6.26. The molecule has 0 N–H and O–H groups in total.